The van der Waals surface area contributed by atoms with Crippen LogP contribution in [0.25, 0.3) is 11.1 Å². The van der Waals surface area contributed by atoms with Crippen molar-refractivity contribution in [1.29, 1.82) is 0 Å². The van der Waals surface area contributed by atoms with E-state index >= 15 is 0 Å². The summed E-state index contributed by atoms with van der Waals surface area (Å²) in [7, 11) is 0. The maximum Gasteiger partial charge on any atom is 0.305 e. The molecule has 0 saturated carbocycles. The summed E-state index contributed by atoms with van der Waals surface area (Å²) in [6, 6.07) is 17.3. The Balaban J connectivity index is 2.08. The molecule has 1 N–H and O–H groups in total. The number of para-hydroxylation sites is 1. The molecule has 5 heteroatoms. The smallest absolute Gasteiger partial charge is 0.305 e. The second kappa shape index (κ2) is 8.87. The first kappa shape index (κ1) is 18.5. The molecule has 0 aliphatic rings. The predicted molar refractivity (Wildman–Crippen MR) is 96.5 cm³/mol. The Bertz CT molecular complexity index is 713. The number of hydrogen-bond donors (Lipinski definition) is 1. The van der Waals surface area contributed by atoms with Gasteiger partial charge in [0.1, 0.15) is 5.75 Å². The largest absolute Gasteiger partial charge is 0.483 e. The molecular weight excluding hydrogens is 318 g/mol. The van der Waals surface area contributed by atoms with Crippen LogP contribution in [0, 0.1) is 0 Å². The fourth-order valence-electron chi connectivity index (χ4n) is 2.56. The highest BCUT2D eigenvalue weighted by molar-refractivity contribution is 5.79. The van der Waals surface area contributed by atoms with E-state index < -0.39 is 5.97 Å². The molecule has 0 atom stereocenters. The molecule has 5 nitrogen and oxygen atoms in total. The zero-order chi connectivity index (χ0) is 18.2. The van der Waals surface area contributed by atoms with E-state index in [0.717, 1.165) is 11.1 Å². The van der Waals surface area contributed by atoms with Crippen molar-refractivity contribution in [2.75, 3.05) is 13.2 Å². The topological polar surface area (TPSA) is 66.8 Å². The van der Waals surface area contributed by atoms with Gasteiger partial charge in [0.05, 0.1) is 6.42 Å². The van der Waals surface area contributed by atoms with Gasteiger partial charge < -0.3 is 14.7 Å². The highest BCUT2D eigenvalue weighted by atomic mass is 16.5. The van der Waals surface area contributed by atoms with E-state index in [9.17, 15) is 9.59 Å². The van der Waals surface area contributed by atoms with Gasteiger partial charge in [-0.05, 0) is 25.5 Å². The van der Waals surface area contributed by atoms with Crippen LogP contribution in [0.15, 0.2) is 54.6 Å². The molecule has 0 unspecified atom stereocenters. The van der Waals surface area contributed by atoms with Crippen molar-refractivity contribution < 1.29 is 19.4 Å². The Morgan fingerprint density at radius 2 is 1.68 bits per heavy atom. The molecule has 0 radical (unpaired) electrons. The predicted octanol–water partition coefficient (Wildman–Crippen LogP) is 3.44. The summed E-state index contributed by atoms with van der Waals surface area (Å²) in [6.07, 6.45) is -0.0788. The Morgan fingerprint density at radius 3 is 2.32 bits per heavy atom. The van der Waals surface area contributed by atoms with Gasteiger partial charge in [0.25, 0.3) is 5.91 Å². The highest BCUT2D eigenvalue weighted by Crippen LogP contribution is 2.29. The number of carbonyl (C=O) groups excluding carboxylic acids is 1. The van der Waals surface area contributed by atoms with Gasteiger partial charge in [-0.2, -0.15) is 0 Å². The lowest BCUT2D eigenvalue weighted by Crippen LogP contribution is -2.41. The molecule has 2 aromatic carbocycles. The lowest BCUT2D eigenvalue weighted by atomic mass is 10.1. The molecule has 0 aliphatic heterocycles. The van der Waals surface area contributed by atoms with Crippen LogP contribution in [0.2, 0.25) is 0 Å². The van der Waals surface area contributed by atoms with Gasteiger partial charge >= 0.3 is 5.97 Å². The summed E-state index contributed by atoms with van der Waals surface area (Å²) in [4.78, 5) is 24.7. The Hall–Kier alpha value is -2.82. The minimum Gasteiger partial charge on any atom is -0.483 e. The fraction of sp³-hybridized carbons (Fsp3) is 0.300. The monoisotopic (exact) mass is 341 g/mol. The third kappa shape index (κ3) is 5.35. The summed E-state index contributed by atoms with van der Waals surface area (Å²) < 4.78 is 5.75. The van der Waals surface area contributed by atoms with E-state index in [-0.39, 0.29) is 31.5 Å². The number of carbonyl (C=O) groups is 2. The lowest BCUT2D eigenvalue weighted by molar-refractivity contribution is -0.139. The number of carboxylic acids is 1. The van der Waals surface area contributed by atoms with Crippen molar-refractivity contribution in [2.45, 2.75) is 26.3 Å². The van der Waals surface area contributed by atoms with Crippen molar-refractivity contribution in [2.24, 2.45) is 0 Å². The highest BCUT2D eigenvalue weighted by Gasteiger charge is 2.19. The number of aliphatic carboxylic acids is 1. The third-order valence-corrected chi connectivity index (χ3v) is 3.83. The zero-order valence-corrected chi connectivity index (χ0v) is 14.5. The minimum absolute atomic E-state index is 0.0788. The van der Waals surface area contributed by atoms with Crippen LogP contribution in [0.5, 0.6) is 5.75 Å². The Kier molecular flexibility index (Phi) is 6.57. The molecular formula is C20H23NO4. The van der Waals surface area contributed by atoms with Gasteiger partial charge in [0.2, 0.25) is 0 Å². The number of rotatable bonds is 8. The van der Waals surface area contributed by atoms with E-state index in [4.69, 9.17) is 9.84 Å². The Morgan fingerprint density at radius 1 is 1.04 bits per heavy atom. The normalized spacial score (nSPS) is 10.5. The van der Waals surface area contributed by atoms with Crippen LogP contribution in [-0.4, -0.2) is 41.1 Å². The van der Waals surface area contributed by atoms with Crippen LogP contribution < -0.4 is 4.74 Å². The summed E-state index contributed by atoms with van der Waals surface area (Å²) in [5.41, 5.74) is 1.93. The summed E-state index contributed by atoms with van der Waals surface area (Å²) in [5, 5.41) is 8.83. The van der Waals surface area contributed by atoms with Crippen molar-refractivity contribution in [1.82, 2.24) is 4.90 Å². The summed E-state index contributed by atoms with van der Waals surface area (Å²) >= 11 is 0. The molecule has 0 heterocycles. The number of ether oxygens (including phenoxy) is 1. The van der Waals surface area contributed by atoms with Crippen LogP contribution in [0.1, 0.15) is 20.3 Å². The van der Waals surface area contributed by atoms with Gasteiger partial charge in [0, 0.05) is 18.2 Å². The number of hydrogen-bond acceptors (Lipinski definition) is 3. The second-order valence-electron chi connectivity index (χ2n) is 5.98. The zero-order valence-electron chi connectivity index (χ0n) is 14.5. The molecule has 0 aromatic heterocycles. The van der Waals surface area contributed by atoms with Crippen LogP contribution in [0.4, 0.5) is 0 Å². The van der Waals surface area contributed by atoms with Crippen molar-refractivity contribution in [3.8, 4) is 16.9 Å². The molecule has 2 rings (SSSR count). The van der Waals surface area contributed by atoms with Crippen molar-refractivity contribution in [3.63, 3.8) is 0 Å². The molecule has 0 bridgehead atoms. The maximum absolute atomic E-state index is 12.4. The molecule has 0 spiro atoms. The SMILES string of the molecule is CC(C)N(CCC(=O)O)C(=O)COc1ccccc1-c1ccccc1. The van der Waals surface area contributed by atoms with Gasteiger partial charge in [-0.25, -0.2) is 0 Å². The Labute approximate surface area is 147 Å². The summed E-state index contributed by atoms with van der Waals surface area (Å²) in [6.45, 7) is 3.77. The maximum atomic E-state index is 12.4. The van der Waals surface area contributed by atoms with E-state index in [1.165, 1.54) is 4.90 Å². The van der Waals surface area contributed by atoms with Gasteiger partial charge in [-0.1, -0.05) is 48.5 Å². The van der Waals surface area contributed by atoms with Gasteiger partial charge in [-0.3, -0.25) is 9.59 Å². The first-order valence-corrected chi connectivity index (χ1v) is 8.27. The minimum atomic E-state index is -0.922. The second-order valence-corrected chi connectivity index (χ2v) is 5.98. The quantitative estimate of drug-likeness (QED) is 0.799. The molecule has 0 saturated heterocycles. The van der Waals surface area contributed by atoms with E-state index in [2.05, 4.69) is 0 Å². The number of amides is 1. The van der Waals surface area contributed by atoms with Crippen LogP contribution in [0.3, 0.4) is 0 Å². The molecule has 0 fully saturated rings. The van der Waals surface area contributed by atoms with Crippen LogP contribution >= 0.6 is 0 Å². The number of benzene rings is 2. The number of carboxylic acid groups (broad SMARTS) is 1. The van der Waals surface area contributed by atoms with E-state index in [1.54, 1.807) is 0 Å². The van der Waals surface area contributed by atoms with Crippen molar-refractivity contribution >= 4 is 11.9 Å². The molecule has 0 aliphatic carbocycles. The molecule has 132 valence electrons. The van der Waals surface area contributed by atoms with Crippen LogP contribution in [-0.2, 0) is 9.59 Å². The van der Waals surface area contributed by atoms with E-state index in [0.29, 0.717) is 5.75 Å². The van der Waals surface area contributed by atoms with Crippen molar-refractivity contribution in [3.05, 3.63) is 54.6 Å². The van der Waals surface area contributed by atoms with E-state index in [1.807, 2.05) is 68.4 Å². The summed E-state index contributed by atoms with van der Waals surface area (Å²) in [5.74, 6) is -0.517. The average molecular weight is 341 g/mol. The molecule has 2 aromatic rings. The number of nitrogens with zero attached hydrogens (tertiary/aromatic N) is 1. The standard InChI is InChI=1S/C20H23NO4/c1-15(2)21(13-12-20(23)24)19(22)14-25-18-11-7-6-10-17(18)16-8-4-3-5-9-16/h3-11,15H,12-14H2,1-2H3,(H,23,24). The lowest BCUT2D eigenvalue weighted by Gasteiger charge is -2.26. The molecule has 1 amide bonds. The van der Waals surface area contributed by atoms with Gasteiger partial charge in [0.15, 0.2) is 6.61 Å². The third-order valence-electron chi connectivity index (χ3n) is 3.83. The first-order valence-electron chi connectivity index (χ1n) is 8.27. The fourth-order valence-corrected chi connectivity index (χ4v) is 2.56. The average Bonchev–Trinajstić information content (AvgIpc) is 2.60. The van der Waals surface area contributed by atoms with Gasteiger partial charge in [-0.15, -0.1) is 0 Å². The first-order chi connectivity index (χ1) is 12.0. The molecule has 25 heavy (non-hydrogen) atoms.